The molecule has 12 rings (SSSR count). The van der Waals surface area contributed by atoms with E-state index in [1.54, 1.807) is 0 Å². The highest BCUT2D eigenvalue weighted by Crippen LogP contribution is 2.41. The molecule has 0 aliphatic heterocycles. The van der Waals surface area contributed by atoms with Crippen LogP contribution < -0.4 is 0 Å². The highest BCUT2D eigenvalue weighted by molar-refractivity contribution is 6.25. The van der Waals surface area contributed by atoms with E-state index in [-0.39, 0.29) is 0 Å². The van der Waals surface area contributed by atoms with Crippen LogP contribution in [0.5, 0.6) is 0 Å². The van der Waals surface area contributed by atoms with Crippen molar-refractivity contribution in [2.75, 3.05) is 0 Å². The molecule has 0 amide bonds. The summed E-state index contributed by atoms with van der Waals surface area (Å²) >= 11 is 0. The molecule has 0 radical (unpaired) electrons. The van der Waals surface area contributed by atoms with Crippen LogP contribution in [0.1, 0.15) is 43.6 Å². The fraction of sp³-hybridized carbons (Fsp3) is 0.111. The molecule has 0 N–H and O–H groups in total. The van der Waals surface area contributed by atoms with Crippen LogP contribution in [0, 0.1) is 0 Å². The Labute approximate surface area is 325 Å². The van der Waals surface area contributed by atoms with Gasteiger partial charge in [-0.15, -0.1) is 0 Å². The third-order valence-electron chi connectivity index (χ3n) is 12.9. The molecule has 2 heteroatoms. The van der Waals surface area contributed by atoms with Crippen molar-refractivity contribution in [2.24, 2.45) is 0 Å². The zero-order valence-electron chi connectivity index (χ0n) is 31.3. The summed E-state index contributed by atoms with van der Waals surface area (Å²) in [6.45, 7) is 0. The summed E-state index contributed by atoms with van der Waals surface area (Å²) in [5.74, 6) is 0.672. The van der Waals surface area contributed by atoms with Crippen molar-refractivity contribution >= 4 is 75.9 Å². The molecule has 1 aliphatic rings. The Morgan fingerprint density at radius 2 is 0.768 bits per heavy atom. The van der Waals surface area contributed by atoms with Crippen molar-refractivity contribution < 1.29 is 0 Å². The number of benzene rings is 9. The lowest BCUT2D eigenvalue weighted by Gasteiger charge is -2.22. The number of rotatable bonds is 4. The van der Waals surface area contributed by atoms with Gasteiger partial charge in [-0.05, 0) is 128 Å². The highest BCUT2D eigenvalue weighted by Gasteiger charge is 2.19. The van der Waals surface area contributed by atoms with Gasteiger partial charge in [0.25, 0.3) is 0 Å². The predicted molar refractivity (Wildman–Crippen MR) is 239 cm³/mol. The molecule has 2 heterocycles. The van der Waals surface area contributed by atoms with E-state index in [2.05, 4.69) is 185 Å². The molecule has 11 aromatic rings. The average Bonchev–Trinajstić information content (AvgIpc) is 3.79. The molecular weight excluding hydrogens is 677 g/mol. The van der Waals surface area contributed by atoms with Gasteiger partial charge in [-0.2, -0.15) is 0 Å². The zero-order chi connectivity index (χ0) is 36.7. The minimum Gasteiger partial charge on any atom is -0.309 e. The van der Waals surface area contributed by atoms with Crippen molar-refractivity contribution in [3.63, 3.8) is 0 Å². The lowest BCUT2D eigenvalue weighted by atomic mass is 9.84. The maximum absolute atomic E-state index is 2.48. The van der Waals surface area contributed by atoms with Crippen LogP contribution in [0.4, 0.5) is 0 Å². The van der Waals surface area contributed by atoms with Crippen molar-refractivity contribution in [3.8, 4) is 22.5 Å². The standard InChI is InChI=1S/C54H40N2/c1-2-13-35(14-3-1)36-15-12-16-39(31-36)55-51-23-10-8-21-46(51)49-32-37(25-29-53(49)55)38-26-30-54-50(33-38)47-22-9-11-24-52(47)56(54)40-27-28-45-43-19-5-4-17-41(43)42-18-6-7-20-44(42)48(45)34-40/h4-12,15-35H,1-3,13-14H2. The van der Waals surface area contributed by atoms with E-state index in [1.165, 1.54) is 136 Å². The molecule has 1 aliphatic carbocycles. The molecule has 2 aromatic heterocycles. The van der Waals surface area contributed by atoms with Gasteiger partial charge in [0.15, 0.2) is 0 Å². The topological polar surface area (TPSA) is 9.86 Å². The van der Waals surface area contributed by atoms with Crippen LogP contribution in [-0.4, -0.2) is 9.13 Å². The van der Waals surface area contributed by atoms with E-state index < -0.39 is 0 Å². The summed E-state index contributed by atoms with van der Waals surface area (Å²) in [5.41, 5.74) is 11.3. The molecule has 0 saturated heterocycles. The third kappa shape index (κ3) is 4.75. The summed E-state index contributed by atoms with van der Waals surface area (Å²) in [7, 11) is 0. The van der Waals surface area contributed by atoms with Gasteiger partial charge < -0.3 is 9.13 Å². The van der Waals surface area contributed by atoms with E-state index in [0.29, 0.717) is 5.92 Å². The molecule has 1 fully saturated rings. The van der Waals surface area contributed by atoms with E-state index in [0.717, 1.165) is 0 Å². The van der Waals surface area contributed by atoms with Crippen LogP contribution in [0.15, 0.2) is 176 Å². The number of hydrogen-bond donors (Lipinski definition) is 0. The van der Waals surface area contributed by atoms with E-state index in [4.69, 9.17) is 0 Å². The summed E-state index contributed by atoms with van der Waals surface area (Å²) in [4.78, 5) is 0. The Kier molecular flexibility index (Phi) is 7.04. The molecule has 56 heavy (non-hydrogen) atoms. The van der Waals surface area contributed by atoms with Crippen molar-refractivity contribution in [1.29, 1.82) is 0 Å². The maximum atomic E-state index is 2.48. The van der Waals surface area contributed by atoms with Crippen LogP contribution >= 0.6 is 0 Å². The Morgan fingerprint density at radius 3 is 1.34 bits per heavy atom. The van der Waals surface area contributed by atoms with Gasteiger partial charge in [0.2, 0.25) is 0 Å². The predicted octanol–water partition coefficient (Wildman–Crippen LogP) is 15.1. The Morgan fingerprint density at radius 1 is 0.304 bits per heavy atom. The summed E-state index contributed by atoms with van der Waals surface area (Å²) in [5, 5.41) is 12.9. The van der Waals surface area contributed by atoms with E-state index in [1.807, 2.05) is 0 Å². The van der Waals surface area contributed by atoms with Crippen molar-refractivity contribution in [2.45, 2.75) is 38.0 Å². The second-order valence-electron chi connectivity index (χ2n) is 15.9. The fourth-order valence-corrected chi connectivity index (χ4v) is 10.2. The highest BCUT2D eigenvalue weighted by atomic mass is 15.0. The smallest absolute Gasteiger partial charge is 0.0541 e. The lowest BCUT2D eigenvalue weighted by molar-refractivity contribution is 0.443. The first kappa shape index (κ1) is 31.7. The molecule has 0 spiro atoms. The first-order chi connectivity index (χ1) is 27.8. The largest absolute Gasteiger partial charge is 0.309 e. The second-order valence-corrected chi connectivity index (χ2v) is 15.9. The zero-order valence-corrected chi connectivity index (χ0v) is 31.3. The first-order valence-corrected chi connectivity index (χ1v) is 20.3. The molecule has 2 nitrogen and oxygen atoms in total. The molecular formula is C54H40N2. The number of fused-ring (bicyclic) bond motifs is 12. The van der Waals surface area contributed by atoms with Crippen molar-refractivity contribution in [3.05, 3.63) is 181 Å². The van der Waals surface area contributed by atoms with E-state index >= 15 is 0 Å². The van der Waals surface area contributed by atoms with Crippen molar-refractivity contribution in [1.82, 2.24) is 9.13 Å². The minimum atomic E-state index is 0.672. The van der Waals surface area contributed by atoms with Gasteiger partial charge in [0, 0.05) is 32.9 Å². The van der Waals surface area contributed by atoms with Gasteiger partial charge >= 0.3 is 0 Å². The van der Waals surface area contributed by atoms with E-state index in [9.17, 15) is 0 Å². The van der Waals surface area contributed by atoms with Crippen LogP contribution in [0.3, 0.4) is 0 Å². The maximum Gasteiger partial charge on any atom is 0.0541 e. The van der Waals surface area contributed by atoms with Crippen LogP contribution in [-0.2, 0) is 0 Å². The number of para-hydroxylation sites is 2. The molecule has 0 atom stereocenters. The Bertz CT molecular complexity index is 3320. The van der Waals surface area contributed by atoms with Gasteiger partial charge in [-0.3, -0.25) is 0 Å². The fourth-order valence-electron chi connectivity index (χ4n) is 10.2. The number of nitrogens with zero attached hydrogens (tertiary/aromatic N) is 2. The summed E-state index contributed by atoms with van der Waals surface area (Å²) in [6.07, 6.45) is 6.68. The number of hydrogen-bond acceptors (Lipinski definition) is 0. The molecule has 9 aromatic carbocycles. The Balaban J connectivity index is 1.01. The normalized spacial score (nSPS) is 14.0. The third-order valence-corrected chi connectivity index (χ3v) is 12.9. The monoisotopic (exact) mass is 716 g/mol. The number of aromatic nitrogens is 2. The SMILES string of the molecule is c1cc(C2CCCCC2)cc(-n2c3ccccc3c3cc(-c4ccc5c(c4)c4ccccc4n5-c4ccc5c6ccccc6c6ccccc6c5c4)ccc32)c1. The Hall–Kier alpha value is -6.64. The second kappa shape index (κ2) is 12.4. The van der Waals surface area contributed by atoms with Gasteiger partial charge in [-0.1, -0.05) is 135 Å². The van der Waals surface area contributed by atoms with Gasteiger partial charge in [-0.25, -0.2) is 0 Å². The van der Waals surface area contributed by atoms with Crippen LogP contribution in [0.2, 0.25) is 0 Å². The van der Waals surface area contributed by atoms with Gasteiger partial charge in [0.1, 0.15) is 0 Å². The molecule has 0 bridgehead atoms. The molecule has 0 unspecified atom stereocenters. The summed E-state index contributed by atoms with van der Waals surface area (Å²) in [6, 6.07) is 66.0. The quantitative estimate of drug-likeness (QED) is 0.161. The first-order valence-electron chi connectivity index (χ1n) is 20.3. The average molecular weight is 717 g/mol. The summed E-state index contributed by atoms with van der Waals surface area (Å²) < 4.78 is 4.93. The molecule has 266 valence electrons. The minimum absolute atomic E-state index is 0.672. The molecule has 1 saturated carbocycles. The van der Waals surface area contributed by atoms with Crippen LogP contribution in [0.25, 0.3) is 98.4 Å². The van der Waals surface area contributed by atoms with Gasteiger partial charge in [0.05, 0.1) is 22.1 Å². The lowest BCUT2D eigenvalue weighted by Crippen LogP contribution is -2.05.